The van der Waals surface area contributed by atoms with Gasteiger partial charge >= 0.3 is 0 Å². The van der Waals surface area contributed by atoms with Gasteiger partial charge in [-0.1, -0.05) is 171 Å². The molecule has 2 saturated heterocycles. The number of carbonyl (C=O) groups excluding carboxylic acids is 16. The molecule has 14 amide bonds. The fourth-order valence-electron chi connectivity index (χ4n) is 16.8. The summed E-state index contributed by atoms with van der Waals surface area (Å²) in [4.78, 5) is 241. The van der Waals surface area contributed by atoms with Crippen LogP contribution in [0.2, 0.25) is 0 Å². The fourth-order valence-corrected chi connectivity index (χ4v) is 16.8. The molecule has 5 aromatic rings. The molecule has 0 aliphatic carbocycles. The molecule has 0 spiro atoms. The van der Waals surface area contributed by atoms with Gasteiger partial charge in [0.05, 0.1) is 45.1 Å². The lowest BCUT2D eigenvalue weighted by atomic mass is 9.99. The monoisotopic (exact) mass is 1990 g/mol. The van der Waals surface area contributed by atoms with Crippen molar-refractivity contribution in [2.24, 2.45) is 16.5 Å². The number of rotatable bonds is 57. The van der Waals surface area contributed by atoms with E-state index in [-0.39, 0.29) is 147 Å². The SMILES string of the molecule is C.CCCC[C@H](NC(=O)[C@H](Cc1ccccn1)NC(=O)[C@H](CC1=CCC=N1)NC(=O)[C@H](CCC(N)=O)NC(=O)[C@H](CO)NC(=O)CNC(=O)COCCOCCNC(=O)CCCCCCCCCCCCCCCc1nnn[nH]1)C(=O)N[C@H]1CCC(=O)CCCCC[C@@H](C(C)=O)NC(=O)[C@H](Cc2c[nH]c3ccccc23)NC(=O)[C@H](CCCNC(=N)N)NC(=O)[C@@H](Cc2ccccc2)NC(=O)[C@@H]2C[C@@H](O)CN2C1=O. The van der Waals surface area contributed by atoms with Crippen LogP contribution in [0.15, 0.2) is 102 Å². The van der Waals surface area contributed by atoms with Crippen LogP contribution in [-0.4, -0.2) is 284 Å². The van der Waals surface area contributed by atoms with Crippen molar-refractivity contribution >= 4 is 117 Å². The van der Waals surface area contributed by atoms with Crippen LogP contribution in [-0.2, 0) is 112 Å². The Bertz CT molecular complexity index is 4970. The molecule has 3 aromatic heterocycles. The van der Waals surface area contributed by atoms with E-state index in [1.165, 1.54) is 70.7 Å². The van der Waals surface area contributed by atoms with Gasteiger partial charge in [-0.25, -0.2) is 5.10 Å². The zero-order valence-corrected chi connectivity index (χ0v) is 81.4. The van der Waals surface area contributed by atoms with Gasteiger partial charge in [0.1, 0.15) is 78.6 Å². The van der Waals surface area contributed by atoms with E-state index in [0.29, 0.717) is 48.9 Å². The number of nitrogens with one attached hydrogen (secondary N) is 16. The largest absolute Gasteiger partial charge is 0.394 e. The van der Waals surface area contributed by atoms with Crippen LogP contribution in [0.5, 0.6) is 0 Å². The maximum Gasteiger partial charge on any atom is 0.246 e. The predicted octanol–water partition coefficient (Wildman–Crippen LogP) is 1.88. The van der Waals surface area contributed by atoms with Gasteiger partial charge in [0, 0.05) is 131 Å². The Balaban J connectivity index is 0.0000278. The molecule has 3 aliphatic rings. The minimum Gasteiger partial charge on any atom is -0.394 e. The molecule has 22 N–H and O–H groups in total. The zero-order valence-electron chi connectivity index (χ0n) is 81.4. The summed E-state index contributed by atoms with van der Waals surface area (Å²) in [7, 11) is 0. The highest BCUT2D eigenvalue weighted by Crippen LogP contribution is 2.26. The van der Waals surface area contributed by atoms with Crippen LogP contribution in [0.4, 0.5) is 0 Å². The first-order chi connectivity index (χ1) is 68.5. The number of benzene rings is 2. The summed E-state index contributed by atoms with van der Waals surface area (Å²) in [6.07, 6.45) is 20.1. The van der Waals surface area contributed by atoms with Crippen molar-refractivity contribution in [1.82, 2.24) is 105 Å². The third-order valence-corrected chi connectivity index (χ3v) is 24.7. The number of nitrogens with two attached hydrogens (primary N) is 2. The van der Waals surface area contributed by atoms with E-state index in [2.05, 4.69) is 105 Å². The Labute approximate surface area is 833 Å². The number of amides is 14. The summed E-state index contributed by atoms with van der Waals surface area (Å²) in [6.45, 7) is 1.05. The molecule has 784 valence electrons. The Hall–Kier alpha value is -13.4. The number of aromatic amines is 2. The Morgan fingerprint density at radius 1 is 0.594 bits per heavy atom. The van der Waals surface area contributed by atoms with Gasteiger partial charge in [-0.3, -0.25) is 92.1 Å². The Kier molecular flexibility index (Phi) is 53.0. The number of fused-ring (bicyclic) bond motifs is 2. The van der Waals surface area contributed by atoms with E-state index < -0.39 is 201 Å². The number of primary amides is 1. The van der Waals surface area contributed by atoms with Gasteiger partial charge in [0.15, 0.2) is 11.7 Å². The standard InChI is InChI=1S/C98H144N24O20.CH4/c1-3-4-36-73(88(131)113-76-43-42-68(125)34-20-17-21-37-71(63(2)124)109-92(135)78(54-65-58-106-72-38-25-24-35-70(65)72)114-89(132)74(39-29-48-105-98(100)101)111-91(134)77(53-64-30-18-16-19-31-64)117-96(139)82-57-69(126)60-122(82)97(76)140)110-93(136)79(55-66-32-26-27-46-102-66)116-94(137)80(56-67-33-28-47-103-67)115-90(133)75(44-45-83(99)127)112-95(138)81(61-123)108-86(129)59-107-87(130)62-142-52-51-141-50-49-104-85(128)41-23-15-13-11-9-7-5-6-8-10-12-14-22-40-84-118-120-121-119-84;/h16,18-19,24-27,30-33,35,38,46-47,58,69,71,73-82,106,123,126H,3-15,17,20-23,28-29,34,36-37,39-45,48-57,59-62H2,1-2H3,(H2,99,127)(H,104,128)(H,107,130)(H,108,129)(H,109,135)(H,110,136)(H,111,134)(H,112,138)(H,113,131)(H,114,132)(H,115,133)(H,116,137)(H,117,139)(H4,100,101,105)(H,118,119,120,121);1H4/t69-,71+,73+,74+,75+,76+,77-,78+,79+,80+,81+,82+;/m1./s1. The number of aliphatic hydroxyl groups excluding tert-OH is 2. The van der Waals surface area contributed by atoms with Crippen LogP contribution in [0.1, 0.15) is 243 Å². The lowest BCUT2D eigenvalue weighted by Gasteiger charge is -2.31. The lowest BCUT2D eigenvalue weighted by molar-refractivity contribution is -0.143. The van der Waals surface area contributed by atoms with E-state index >= 15 is 28.8 Å². The molecule has 0 bridgehead atoms. The quantitative estimate of drug-likeness (QED) is 0.0150. The summed E-state index contributed by atoms with van der Waals surface area (Å²) in [5.41, 5.74) is 13.6. The number of Topliss-reactive ketones (excluding diaryl/α,β-unsaturated/α-hetero) is 2. The highest BCUT2D eigenvalue weighted by Gasteiger charge is 2.44. The molecule has 6 heterocycles. The second-order valence-electron chi connectivity index (χ2n) is 36.1. The second kappa shape index (κ2) is 64.9. The molecule has 8 rings (SSSR count). The summed E-state index contributed by atoms with van der Waals surface area (Å²) < 4.78 is 10.9. The summed E-state index contributed by atoms with van der Waals surface area (Å²) in [5.74, 6) is -12.4. The molecule has 0 saturated carbocycles. The molecular formula is C99H148N24O20. The van der Waals surface area contributed by atoms with E-state index in [0.717, 1.165) is 60.2 Å². The number of ketones is 2. The summed E-state index contributed by atoms with van der Waals surface area (Å²) >= 11 is 0. The normalized spacial score (nSPS) is 18.8. The number of aliphatic hydroxyl groups is 2. The average Bonchev–Trinajstić information content (AvgIpc) is 1.62. The van der Waals surface area contributed by atoms with Crippen LogP contribution in [0.25, 0.3) is 10.9 Å². The summed E-state index contributed by atoms with van der Waals surface area (Å²) in [5, 5.41) is 78.9. The number of hydrogen-bond donors (Lipinski definition) is 20. The highest BCUT2D eigenvalue weighted by molar-refractivity contribution is 6.01. The Morgan fingerprint density at radius 3 is 1.89 bits per heavy atom. The lowest BCUT2D eigenvalue weighted by Crippen LogP contribution is -2.61. The van der Waals surface area contributed by atoms with Gasteiger partial charge < -0.3 is 110 Å². The third-order valence-electron chi connectivity index (χ3n) is 24.7. The van der Waals surface area contributed by atoms with Gasteiger partial charge in [-0.15, -0.1) is 5.10 Å². The molecule has 44 heteroatoms. The van der Waals surface area contributed by atoms with E-state index in [1.807, 2.05) is 24.3 Å². The van der Waals surface area contributed by atoms with Crippen molar-refractivity contribution in [2.75, 3.05) is 59.2 Å². The third kappa shape index (κ3) is 43.6. The minimum absolute atomic E-state index is 0. The van der Waals surface area contributed by atoms with Crippen LogP contribution in [0.3, 0.4) is 0 Å². The maximum absolute atomic E-state index is 15.5. The van der Waals surface area contributed by atoms with E-state index in [4.69, 9.17) is 26.4 Å². The number of guanidine groups is 1. The predicted molar refractivity (Wildman–Crippen MR) is 530 cm³/mol. The average molecular weight is 1990 g/mol. The van der Waals surface area contributed by atoms with Crippen molar-refractivity contribution in [3.63, 3.8) is 0 Å². The number of para-hydroxylation sites is 1. The molecule has 2 fully saturated rings. The number of unbranched alkanes of at least 4 members (excludes halogenated alkanes) is 13. The maximum atomic E-state index is 15.5. The van der Waals surface area contributed by atoms with Crippen molar-refractivity contribution < 1.29 is 96.4 Å². The second-order valence-corrected chi connectivity index (χ2v) is 36.1. The molecule has 143 heavy (non-hydrogen) atoms. The zero-order chi connectivity index (χ0) is 102. The molecule has 44 nitrogen and oxygen atoms in total. The van der Waals surface area contributed by atoms with Gasteiger partial charge in [0.25, 0.3) is 0 Å². The number of carbonyl (C=O) groups is 16. The van der Waals surface area contributed by atoms with Crippen LogP contribution in [0, 0.1) is 5.41 Å². The number of hydrogen-bond acceptors (Lipinski definition) is 26. The molecule has 2 aromatic carbocycles. The Morgan fingerprint density at radius 2 is 1.22 bits per heavy atom. The molecule has 12 atom stereocenters. The number of aryl methyl sites for hydroxylation is 1. The number of allylic oxidation sites excluding steroid dienone is 1. The number of aromatic nitrogens is 6. The first-order valence-corrected chi connectivity index (χ1v) is 49.7. The topological polar surface area (TPSA) is 663 Å². The molecular weight excluding hydrogens is 1850 g/mol. The van der Waals surface area contributed by atoms with Gasteiger partial charge in [-0.05, 0) is 104 Å². The summed E-state index contributed by atoms with van der Waals surface area (Å²) in [6, 6.07) is 3.78. The smallest absolute Gasteiger partial charge is 0.246 e. The molecule has 0 unspecified atom stereocenters. The van der Waals surface area contributed by atoms with Crippen LogP contribution >= 0.6 is 0 Å². The first kappa shape index (κ1) is 117. The van der Waals surface area contributed by atoms with E-state index in [1.54, 1.807) is 67.7 Å². The fraction of sp³-hybridized carbons (Fsp3) is 0.596. The van der Waals surface area contributed by atoms with Crippen molar-refractivity contribution in [1.29, 1.82) is 5.41 Å². The molecule has 0 radical (unpaired) electrons. The number of H-pyrrole nitrogens is 2. The number of tetrazole rings is 1. The van der Waals surface area contributed by atoms with Gasteiger partial charge in [-0.2, -0.15) is 0 Å². The van der Waals surface area contributed by atoms with Crippen LogP contribution < -0.4 is 80.6 Å². The van der Waals surface area contributed by atoms with Crippen molar-refractivity contribution in [2.45, 2.75) is 319 Å². The highest BCUT2D eigenvalue weighted by atomic mass is 16.5. The number of nitrogens with zero attached hydrogens (tertiary/aromatic N) is 6. The number of pyridine rings is 1. The number of aliphatic imine (C=N–C) groups is 1. The number of ether oxygens (including phenoxy) is 2. The molecule has 3 aliphatic heterocycles. The van der Waals surface area contributed by atoms with Crippen molar-refractivity contribution in [3.8, 4) is 0 Å². The van der Waals surface area contributed by atoms with E-state index in [9.17, 15) is 58.2 Å². The minimum atomic E-state index is -1.76. The first-order valence-electron chi connectivity index (χ1n) is 49.7. The van der Waals surface area contributed by atoms with Crippen molar-refractivity contribution in [3.05, 3.63) is 120 Å². The van der Waals surface area contributed by atoms with Gasteiger partial charge in [0.2, 0.25) is 82.7 Å².